The number of aliphatic carboxylic acids is 1. The van der Waals surface area contributed by atoms with E-state index in [1.54, 1.807) is 24.8 Å². The summed E-state index contributed by atoms with van der Waals surface area (Å²) in [5, 5.41) is 11.8. The first-order valence-corrected chi connectivity index (χ1v) is 8.76. The van der Waals surface area contributed by atoms with Crippen LogP contribution in [0.25, 0.3) is 0 Å². The second kappa shape index (κ2) is 7.26. The van der Waals surface area contributed by atoms with Gasteiger partial charge in [0, 0.05) is 17.8 Å². The molecule has 142 valence electrons. The zero-order valence-electron chi connectivity index (χ0n) is 15.3. The molecule has 0 atom stereocenters. The van der Waals surface area contributed by atoms with E-state index >= 15 is 0 Å². The summed E-state index contributed by atoms with van der Waals surface area (Å²) in [4.78, 5) is 37.5. The number of benzene rings is 1. The van der Waals surface area contributed by atoms with Crippen LogP contribution in [0, 0.1) is 5.41 Å². The van der Waals surface area contributed by atoms with Crippen molar-refractivity contribution < 1.29 is 23.9 Å². The molecule has 0 radical (unpaired) electrons. The zero-order valence-corrected chi connectivity index (χ0v) is 15.3. The van der Waals surface area contributed by atoms with Crippen LogP contribution in [0.5, 0.6) is 0 Å². The van der Waals surface area contributed by atoms with E-state index in [-0.39, 0.29) is 24.8 Å². The molecule has 0 saturated carbocycles. The lowest BCUT2D eigenvalue weighted by Crippen LogP contribution is -2.32. The SMILES string of the molecule is CC(C)(CCNC(=O)c1occc1CN1C(=O)Cc2ccccc21)C(=O)O. The Morgan fingerprint density at radius 3 is 2.74 bits per heavy atom. The second-order valence-corrected chi connectivity index (χ2v) is 7.26. The first-order chi connectivity index (χ1) is 12.8. The maximum absolute atomic E-state index is 12.4. The minimum absolute atomic E-state index is 0.0213. The number of hydrogen-bond acceptors (Lipinski definition) is 4. The van der Waals surface area contributed by atoms with Crippen LogP contribution in [0.4, 0.5) is 5.69 Å². The van der Waals surface area contributed by atoms with E-state index in [0.717, 1.165) is 11.3 Å². The second-order valence-electron chi connectivity index (χ2n) is 7.26. The van der Waals surface area contributed by atoms with E-state index in [0.29, 0.717) is 18.4 Å². The van der Waals surface area contributed by atoms with Gasteiger partial charge in [-0.15, -0.1) is 0 Å². The van der Waals surface area contributed by atoms with Gasteiger partial charge < -0.3 is 19.7 Å². The topological polar surface area (TPSA) is 99.9 Å². The zero-order chi connectivity index (χ0) is 19.6. The average molecular weight is 370 g/mol. The highest BCUT2D eigenvalue weighted by Crippen LogP contribution is 2.30. The van der Waals surface area contributed by atoms with Crippen molar-refractivity contribution in [1.82, 2.24) is 5.32 Å². The van der Waals surface area contributed by atoms with E-state index < -0.39 is 17.3 Å². The fraction of sp³-hybridized carbons (Fsp3) is 0.350. The van der Waals surface area contributed by atoms with Gasteiger partial charge in [0.1, 0.15) is 0 Å². The molecule has 27 heavy (non-hydrogen) atoms. The fourth-order valence-electron chi connectivity index (χ4n) is 3.00. The molecule has 2 heterocycles. The Morgan fingerprint density at radius 1 is 1.26 bits per heavy atom. The molecule has 1 aromatic heterocycles. The number of amides is 2. The Labute approximate surface area is 157 Å². The standard InChI is InChI=1S/C20H22N2O5/c1-20(2,19(25)26)8-9-21-18(24)17-14(7-10-27-17)12-22-15-6-4-3-5-13(15)11-16(22)23/h3-7,10H,8-9,11-12H2,1-2H3,(H,21,24)(H,25,26). The molecule has 0 bridgehead atoms. The quantitative estimate of drug-likeness (QED) is 0.780. The minimum Gasteiger partial charge on any atom is -0.481 e. The average Bonchev–Trinajstić information content (AvgIpc) is 3.20. The van der Waals surface area contributed by atoms with E-state index in [2.05, 4.69) is 5.32 Å². The minimum atomic E-state index is -0.926. The van der Waals surface area contributed by atoms with Gasteiger partial charge in [0.15, 0.2) is 5.76 Å². The molecule has 0 saturated heterocycles. The van der Waals surface area contributed by atoms with Crippen LogP contribution < -0.4 is 10.2 Å². The molecule has 7 heteroatoms. The summed E-state index contributed by atoms with van der Waals surface area (Å²) in [5.74, 6) is -1.22. The molecule has 1 aliphatic rings. The highest BCUT2D eigenvalue weighted by atomic mass is 16.4. The van der Waals surface area contributed by atoms with Gasteiger partial charge in [-0.1, -0.05) is 18.2 Å². The molecule has 1 aliphatic heterocycles. The normalized spacial score (nSPS) is 13.6. The fourth-order valence-corrected chi connectivity index (χ4v) is 3.00. The van der Waals surface area contributed by atoms with Crippen LogP contribution >= 0.6 is 0 Å². The van der Waals surface area contributed by atoms with Gasteiger partial charge in [-0.05, 0) is 38.0 Å². The molecule has 0 spiro atoms. The summed E-state index contributed by atoms with van der Waals surface area (Å²) in [6, 6.07) is 9.24. The van der Waals surface area contributed by atoms with E-state index in [1.807, 2.05) is 24.3 Å². The number of nitrogens with one attached hydrogen (secondary N) is 1. The van der Waals surface area contributed by atoms with Crippen molar-refractivity contribution in [2.75, 3.05) is 11.4 Å². The maximum atomic E-state index is 12.4. The Balaban J connectivity index is 1.67. The molecule has 2 N–H and O–H groups in total. The number of hydrogen-bond donors (Lipinski definition) is 2. The van der Waals surface area contributed by atoms with Crippen molar-refractivity contribution in [3.8, 4) is 0 Å². The Hall–Kier alpha value is -3.09. The van der Waals surface area contributed by atoms with Crippen molar-refractivity contribution >= 4 is 23.5 Å². The van der Waals surface area contributed by atoms with Gasteiger partial charge in [0.05, 0.1) is 24.6 Å². The lowest BCUT2D eigenvalue weighted by Gasteiger charge is -2.19. The van der Waals surface area contributed by atoms with E-state index in [4.69, 9.17) is 9.52 Å². The number of fused-ring (bicyclic) bond motifs is 1. The summed E-state index contributed by atoms with van der Waals surface area (Å²) in [7, 11) is 0. The predicted octanol–water partition coefficient (Wildman–Crippen LogP) is 2.60. The lowest BCUT2D eigenvalue weighted by molar-refractivity contribution is -0.147. The third-order valence-corrected chi connectivity index (χ3v) is 4.82. The van der Waals surface area contributed by atoms with Gasteiger partial charge in [0.25, 0.3) is 5.91 Å². The summed E-state index contributed by atoms with van der Waals surface area (Å²) in [6.07, 6.45) is 2.06. The number of rotatable bonds is 7. The van der Waals surface area contributed by atoms with Gasteiger partial charge in [-0.3, -0.25) is 14.4 Å². The Morgan fingerprint density at radius 2 is 2.00 bits per heavy atom. The molecule has 7 nitrogen and oxygen atoms in total. The number of nitrogens with zero attached hydrogens (tertiary/aromatic N) is 1. The van der Waals surface area contributed by atoms with Crippen LogP contribution in [-0.4, -0.2) is 29.4 Å². The van der Waals surface area contributed by atoms with Crippen LogP contribution in [0.15, 0.2) is 41.0 Å². The number of carbonyl (C=O) groups excluding carboxylic acids is 2. The molecule has 2 amide bonds. The van der Waals surface area contributed by atoms with Gasteiger partial charge >= 0.3 is 5.97 Å². The largest absolute Gasteiger partial charge is 0.481 e. The van der Waals surface area contributed by atoms with Crippen molar-refractivity contribution in [3.63, 3.8) is 0 Å². The molecule has 1 aromatic carbocycles. The molecular weight excluding hydrogens is 348 g/mol. The number of carboxylic acids is 1. The lowest BCUT2D eigenvalue weighted by atomic mass is 9.90. The van der Waals surface area contributed by atoms with Gasteiger partial charge in [0.2, 0.25) is 5.91 Å². The van der Waals surface area contributed by atoms with Crippen LogP contribution in [-0.2, 0) is 22.6 Å². The molecule has 2 aromatic rings. The van der Waals surface area contributed by atoms with Crippen LogP contribution in [0.3, 0.4) is 0 Å². The number of carboxylic acid groups (broad SMARTS) is 1. The highest BCUT2D eigenvalue weighted by Gasteiger charge is 2.29. The number of anilines is 1. The third kappa shape index (κ3) is 3.86. The Kier molecular flexibility index (Phi) is 5.03. The summed E-state index contributed by atoms with van der Waals surface area (Å²) in [6.45, 7) is 3.67. The predicted molar refractivity (Wildman–Crippen MR) is 98.4 cm³/mol. The maximum Gasteiger partial charge on any atom is 0.309 e. The van der Waals surface area contributed by atoms with Gasteiger partial charge in [-0.2, -0.15) is 0 Å². The third-order valence-electron chi connectivity index (χ3n) is 4.82. The van der Waals surface area contributed by atoms with Crippen LogP contribution in [0.1, 0.15) is 41.9 Å². The molecular formula is C20H22N2O5. The number of furan rings is 1. The summed E-state index contributed by atoms with van der Waals surface area (Å²) >= 11 is 0. The molecule has 0 unspecified atom stereocenters. The van der Waals surface area contributed by atoms with E-state index in [1.165, 1.54) is 6.26 Å². The van der Waals surface area contributed by atoms with Gasteiger partial charge in [-0.25, -0.2) is 0 Å². The first-order valence-electron chi connectivity index (χ1n) is 8.76. The van der Waals surface area contributed by atoms with E-state index in [9.17, 15) is 14.4 Å². The smallest absolute Gasteiger partial charge is 0.309 e. The summed E-state index contributed by atoms with van der Waals surface area (Å²) < 4.78 is 5.32. The highest BCUT2D eigenvalue weighted by molar-refractivity contribution is 6.01. The monoisotopic (exact) mass is 370 g/mol. The number of carbonyl (C=O) groups is 3. The van der Waals surface area contributed by atoms with Crippen LogP contribution in [0.2, 0.25) is 0 Å². The first kappa shape index (κ1) is 18.7. The molecule has 3 rings (SSSR count). The van der Waals surface area contributed by atoms with Crippen molar-refractivity contribution in [3.05, 3.63) is 53.5 Å². The van der Waals surface area contributed by atoms with Crippen molar-refractivity contribution in [2.24, 2.45) is 5.41 Å². The molecule has 0 aliphatic carbocycles. The molecule has 0 fully saturated rings. The van der Waals surface area contributed by atoms with Crippen molar-refractivity contribution in [1.29, 1.82) is 0 Å². The van der Waals surface area contributed by atoms with Crippen molar-refractivity contribution in [2.45, 2.75) is 33.2 Å². The Bertz CT molecular complexity index is 884. The number of para-hydroxylation sites is 1. The summed E-state index contributed by atoms with van der Waals surface area (Å²) in [5.41, 5.74) is 1.49.